The Bertz CT molecular complexity index is 310. The molecular weight excluding hydrogens is 218 g/mol. The highest BCUT2D eigenvalue weighted by Crippen LogP contribution is 2.08. The van der Waals surface area contributed by atoms with E-state index in [1.165, 1.54) is 0 Å². The number of likely N-dealkylation sites (tertiary alicyclic amines) is 1. The Labute approximate surface area is 90.8 Å². The molecule has 0 saturated carbocycles. The van der Waals surface area contributed by atoms with Crippen molar-refractivity contribution in [1.82, 2.24) is 4.90 Å². The van der Waals surface area contributed by atoms with Crippen molar-refractivity contribution in [2.24, 2.45) is 0 Å². The van der Waals surface area contributed by atoms with Crippen molar-refractivity contribution in [2.45, 2.75) is 19.8 Å². The van der Waals surface area contributed by atoms with Gasteiger partial charge in [0.1, 0.15) is 0 Å². The van der Waals surface area contributed by atoms with Gasteiger partial charge >= 0.3 is 0 Å². The minimum atomic E-state index is -3.17. The molecule has 1 rings (SSSR count). The molecule has 1 amide bonds. The van der Waals surface area contributed by atoms with E-state index in [1.807, 2.05) is 0 Å². The lowest BCUT2D eigenvalue weighted by atomic mass is 10.4. The van der Waals surface area contributed by atoms with Crippen LogP contribution in [0.2, 0.25) is 0 Å². The van der Waals surface area contributed by atoms with E-state index in [-0.39, 0.29) is 12.5 Å². The van der Waals surface area contributed by atoms with E-state index in [9.17, 15) is 13.2 Å². The molecule has 1 saturated heterocycles. The Kier molecular flexibility index (Phi) is 6.19. The standard InChI is InChI=1S/C6H9NO.C3H8O3S/c1-2-7-5-3-4-6(7)8;1-3-6-7(2,4)5/h2H,1,3-5H2;3H2,1-2H3. The Hall–Kier alpha value is -0.880. The van der Waals surface area contributed by atoms with Crippen molar-refractivity contribution in [2.75, 3.05) is 19.4 Å². The lowest BCUT2D eigenvalue weighted by molar-refractivity contribution is -0.125. The molecule has 1 aliphatic heterocycles. The summed E-state index contributed by atoms with van der Waals surface area (Å²) in [5.41, 5.74) is 0. The zero-order valence-electron chi connectivity index (χ0n) is 9.10. The van der Waals surface area contributed by atoms with E-state index in [0.717, 1.165) is 19.2 Å². The van der Waals surface area contributed by atoms with Crippen LogP contribution in [-0.4, -0.2) is 38.6 Å². The summed E-state index contributed by atoms with van der Waals surface area (Å²) < 4.78 is 24.2. The molecule has 0 N–H and O–H groups in total. The topological polar surface area (TPSA) is 63.7 Å². The fourth-order valence-corrected chi connectivity index (χ4v) is 1.50. The van der Waals surface area contributed by atoms with Crippen molar-refractivity contribution < 1.29 is 17.4 Å². The van der Waals surface area contributed by atoms with Crippen LogP contribution in [-0.2, 0) is 19.1 Å². The van der Waals surface area contributed by atoms with Gasteiger partial charge < -0.3 is 4.90 Å². The third kappa shape index (κ3) is 7.10. The summed E-state index contributed by atoms with van der Waals surface area (Å²) in [6, 6.07) is 0. The van der Waals surface area contributed by atoms with Gasteiger partial charge in [-0.3, -0.25) is 8.98 Å². The fourth-order valence-electron chi connectivity index (χ4n) is 1.08. The van der Waals surface area contributed by atoms with Gasteiger partial charge in [-0.1, -0.05) is 6.58 Å². The van der Waals surface area contributed by atoms with Crippen LogP contribution in [0.25, 0.3) is 0 Å². The molecule has 0 spiro atoms. The van der Waals surface area contributed by atoms with Crippen LogP contribution in [0, 0.1) is 0 Å². The summed E-state index contributed by atoms with van der Waals surface area (Å²) in [6.07, 6.45) is 4.31. The van der Waals surface area contributed by atoms with Gasteiger partial charge in [-0.25, -0.2) is 0 Å². The number of carbonyl (C=O) groups is 1. The van der Waals surface area contributed by atoms with Crippen molar-refractivity contribution in [3.63, 3.8) is 0 Å². The van der Waals surface area contributed by atoms with E-state index < -0.39 is 10.1 Å². The third-order valence-corrected chi connectivity index (χ3v) is 2.33. The van der Waals surface area contributed by atoms with Crippen molar-refractivity contribution in [3.05, 3.63) is 12.8 Å². The number of nitrogens with zero attached hydrogens (tertiary/aromatic N) is 1. The first-order valence-electron chi connectivity index (χ1n) is 4.67. The molecule has 0 aromatic heterocycles. The van der Waals surface area contributed by atoms with Gasteiger partial charge in [-0.2, -0.15) is 8.42 Å². The van der Waals surface area contributed by atoms with Crippen molar-refractivity contribution in [1.29, 1.82) is 0 Å². The van der Waals surface area contributed by atoms with E-state index in [4.69, 9.17) is 0 Å². The second-order valence-corrected chi connectivity index (χ2v) is 4.63. The zero-order chi connectivity index (χ0) is 11.9. The molecule has 88 valence electrons. The van der Waals surface area contributed by atoms with Gasteiger partial charge in [0, 0.05) is 13.0 Å². The van der Waals surface area contributed by atoms with Gasteiger partial charge in [0.25, 0.3) is 10.1 Å². The van der Waals surface area contributed by atoms with Crippen LogP contribution >= 0.6 is 0 Å². The highest BCUT2D eigenvalue weighted by atomic mass is 32.2. The average Bonchev–Trinajstić information content (AvgIpc) is 2.49. The number of amides is 1. The number of carbonyl (C=O) groups excluding carboxylic acids is 1. The summed E-state index contributed by atoms with van der Waals surface area (Å²) in [5.74, 6) is 0.208. The first kappa shape index (κ1) is 14.1. The van der Waals surface area contributed by atoms with Crippen LogP contribution in [0.1, 0.15) is 19.8 Å². The molecular formula is C9H17NO4S. The lowest BCUT2D eigenvalue weighted by Crippen LogP contribution is -2.16. The number of hydrogen-bond donors (Lipinski definition) is 0. The first-order valence-corrected chi connectivity index (χ1v) is 6.48. The molecule has 0 unspecified atom stereocenters. The maximum Gasteiger partial charge on any atom is 0.264 e. The molecule has 0 radical (unpaired) electrons. The molecule has 1 heterocycles. The van der Waals surface area contributed by atoms with Crippen LogP contribution in [0.5, 0.6) is 0 Å². The van der Waals surface area contributed by atoms with Crippen LogP contribution in [0.4, 0.5) is 0 Å². The molecule has 0 aliphatic carbocycles. The number of hydrogen-bond acceptors (Lipinski definition) is 4. The second kappa shape index (κ2) is 6.58. The summed E-state index contributed by atoms with van der Waals surface area (Å²) in [5, 5.41) is 0. The fraction of sp³-hybridized carbons (Fsp3) is 0.667. The van der Waals surface area contributed by atoms with Gasteiger partial charge in [-0.05, 0) is 19.5 Å². The predicted octanol–water partition coefficient (Wildman–Crippen LogP) is 0.735. The predicted molar refractivity (Wildman–Crippen MR) is 57.6 cm³/mol. The quantitative estimate of drug-likeness (QED) is 0.677. The summed E-state index contributed by atoms with van der Waals surface area (Å²) in [6.45, 7) is 6.21. The molecule has 0 atom stereocenters. The second-order valence-electron chi connectivity index (χ2n) is 2.98. The van der Waals surface area contributed by atoms with Crippen molar-refractivity contribution in [3.8, 4) is 0 Å². The monoisotopic (exact) mass is 235 g/mol. The van der Waals surface area contributed by atoms with Crippen LogP contribution in [0.3, 0.4) is 0 Å². The SMILES string of the molecule is C=CN1CCCC1=O.CCOS(C)(=O)=O. The van der Waals surface area contributed by atoms with E-state index in [0.29, 0.717) is 6.42 Å². The molecule has 0 bridgehead atoms. The molecule has 0 aromatic rings. The van der Waals surface area contributed by atoms with Crippen LogP contribution < -0.4 is 0 Å². The minimum absolute atomic E-state index is 0.208. The smallest absolute Gasteiger partial charge is 0.264 e. The Morgan fingerprint density at radius 2 is 2.20 bits per heavy atom. The van der Waals surface area contributed by atoms with Crippen LogP contribution in [0.15, 0.2) is 12.8 Å². The van der Waals surface area contributed by atoms with E-state index >= 15 is 0 Å². The molecule has 6 heteroatoms. The maximum atomic E-state index is 10.7. The third-order valence-electron chi connectivity index (χ3n) is 1.66. The van der Waals surface area contributed by atoms with Gasteiger partial charge in [0.2, 0.25) is 5.91 Å². The maximum absolute atomic E-state index is 10.7. The molecule has 15 heavy (non-hydrogen) atoms. The summed E-state index contributed by atoms with van der Waals surface area (Å²) in [7, 11) is -3.17. The Morgan fingerprint density at radius 1 is 1.60 bits per heavy atom. The van der Waals surface area contributed by atoms with Gasteiger partial charge in [0.15, 0.2) is 0 Å². The highest BCUT2D eigenvalue weighted by molar-refractivity contribution is 7.85. The molecule has 5 nitrogen and oxygen atoms in total. The summed E-state index contributed by atoms with van der Waals surface area (Å²) >= 11 is 0. The normalized spacial score (nSPS) is 15.9. The van der Waals surface area contributed by atoms with E-state index in [2.05, 4.69) is 10.8 Å². The number of rotatable bonds is 3. The van der Waals surface area contributed by atoms with Gasteiger partial charge in [0.05, 0.1) is 12.9 Å². The van der Waals surface area contributed by atoms with Gasteiger partial charge in [-0.15, -0.1) is 0 Å². The summed E-state index contributed by atoms with van der Waals surface area (Å²) in [4.78, 5) is 12.3. The largest absolute Gasteiger partial charge is 0.320 e. The highest BCUT2D eigenvalue weighted by Gasteiger charge is 2.15. The molecule has 1 fully saturated rings. The zero-order valence-corrected chi connectivity index (χ0v) is 9.92. The van der Waals surface area contributed by atoms with Crippen molar-refractivity contribution >= 4 is 16.0 Å². The minimum Gasteiger partial charge on any atom is -0.320 e. The first-order chi connectivity index (χ1) is 6.90. The van der Waals surface area contributed by atoms with E-state index in [1.54, 1.807) is 18.0 Å². The average molecular weight is 235 g/mol. The Balaban J connectivity index is 0.000000265. The molecule has 1 aliphatic rings. The Morgan fingerprint density at radius 3 is 2.33 bits per heavy atom. The molecule has 0 aromatic carbocycles. The lowest BCUT2D eigenvalue weighted by Gasteiger charge is -2.05.